The highest BCUT2D eigenvalue weighted by atomic mass is 32.1. The van der Waals surface area contributed by atoms with Gasteiger partial charge in [-0.15, -0.1) is 0 Å². The summed E-state index contributed by atoms with van der Waals surface area (Å²) in [4.78, 5) is 63.4. The van der Waals surface area contributed by atoms with Crippen LogP contribution in [0.3, 0.4) is 0 Å². The number of nitrogens with one attached hydrogen (secondary N) is 3. The van der Waals surface area contributed by atoms with Crippen LogP contribution in [0.15, 0.2) is 4.99 Å². The van der Waals surface area contributed by atoms with Gasteiger partial charge in [0, 0.05) is 18.7 Å². The van der Waals surface area contributed by atoms with Gasteiger partial charge in [-0.1, -0.05) is 0 Å². The van der Waals surface area contributed by atoms with Crippen molar-refractivity contribution in [2.45, 2.75) is 62.9 Å². The molecule has 5 atom stereocenters. The molecule has 0 aliphatic carbocycles. The molecule has 16 heteroatoms. The Bertz CT molecular complexity index is 761. The molecule has 0 aliphatic heterocycles. The molecular formula is C18H33N7O8S. The summed E-state index contributed by atoms with van der Waals surface area (Å²) in [7, 11) is 0. The molecule has 0 aromatic carbocycles. The molecule has 0 bridgehead atoms. The van der Waals surface area contributed by atoms with E-state index in [1.807, 2.05) is 0 Å². The second-order valence-corrected chi connectivity index (χ2v) is 7.72. The number of aliphatic carboxylic acids is 2. The van der Waals surface area contributed by atoms with Gasteiger partial charge in [0.15, 0.2) is 5.96 Å². The molecule has 0 spiro atoms. The van der Waals surface area contributed by atoms with Gasteiger partial charge in [0.1, 0.15) is 24.2 Å². The first-order valence-electron chi connectivity index (χ1n) is 10.3. The summed E-state index contributed by atoms with van der Waals surface area (Å²) in [5, 5.41) is 34.5. The number of hydrogen-bond donors (Lipinski definition) is 10. The largest absolute Gasteiger partial charge is 0.481 e. The van der Waals surface area contributed by atoms with E-state index >= 15 is 0 Å². The van der Waals surface area contributed by atoms with Gasteiger partial charge >= 0.3 is 11.9 Å². The quantitative estimate of drug-likeness (QED) is 0.0417. The highest BCUT2D eigenvalue weighted by Crippen LogP contribution is 2.04. The summed E-state index contributed by atoms with van der Waals surface area (Å²) >= 11 is 3.99. The monoisotopic (exact) mass is 507 g/mol. The van der Waals surface area contributed by atoms with Crippen molar-refractivity contribution in [1.29, 1.82) is 0 Å². The fourth-order valence-corrected chi connectivity index (χ4v) is 2.78. The van der Waals surface area contributed by atoms with Gasteiger partial charge in [-0.05, 0) is 26.2 Å². The Labute approximate surface area is 201 Å². The summed E-state index contributed by atoms with van der Waals surface area (Å²) in [5.41, 5.74) is 15.9. The van der Waals surface area contributed by atoms with Crippen LogP contribution in [0.4, 0.5) is 0 Å². The number of carbonyl (C=O) groups excluding carboxylic acids is 3. The minimum Gasteiger partial charge on any atom is -0.481 e. The van der Waals surface area contributed by atoms with Gasteiger partial charge in [-0.3, -0.25) is 24.2 Å². The third-order valence-electron chi connectivity index (χ3n) is 4.48. The number of nitrogens with zero attached hydrogens (tertiary/aromatic N) is 1. The first-order chi connectivity index (χ1) is 15.8. The van der Waals surface area contributed by atoms with Crippen LogP contribution >= 0.6 is 12.6 Å². The van der Waals surface area contributed by atoms with Crippen molar-refractivity contribution in [2.24, 2.45) is 22.2 Å². The zero-order valence-corrected chi connectivity index (χ0v) is 19.5. The van der Waals surface area contributed by atoms with E-state index in [4.69, 9.17) is 22.3 Å². The number of carbonyl (C=O) groups is 5. The number of aliphatic hydroxyl groups is 1. The molecule has 15 nitrogen and oxygen atoms in total. The van der Waals surface area contributed by atoms with Crippen molar-refractivity contribution in [3.63, 3.8) is 0 Å². The van der Waals surface area contributed by atoms with E-state index in [1.165, 1.54) is 6.92 Å². The molecule has 0 saturated heterocycles. The average Bonchev–Trinajstić information content (AvgIpc) is 2.75. The summed E-state index contributed by atoms with van der Waals surface area (Å²) in [5.74, 6) is -5.62. The maximum absolute atomic E-state index is 12.7. The maximum atomic E-state index is 12.7. The van der Waals surface area contributed by atoms with Crippen molar-refractivity contribution < 1.29 is 39.3 Å². The summed E-state index contributed by atoms with van der Waals surface area (Å²) < 4.78 is 0. The van der Waals surface area contributed by atoms with Crippen LogP contribution in [0.1, 0.15) is 32.6 Å². The number of carboxylic acids is 2. The van der Waals surface area contributed by atoms with Gasteiger partial charge in [0.2, 0.25) is 17.7 Å². The molecule has 3 amide bonds. The van der Waals surface area contributed by atoms with Crippen molar-refractivity contribution in [3.8, 4) is 0 Å². The van der Waals surface area contributed by atoms with Gasteiger partial charge in [-0.25, -0.2) is 4.79 Å². The fraction of sp³-hybridized carbons (Fsp3) is 0.667. The van der Waals surface area contributed by atoms with Crippen LogP contribution in [-0.2, 0) is 24.0 Å². The number of nitrogens with two attached hydrogens (primary N) is 3. The zero-order chi connectivity index (χ0) is 26.4. The SMILES string of the molecule is CC(O)C(N)C(=O)NC(CCC(=O)O)C(=O)NC(CS)C(=O)NC(CCCN=C(N)N)C(=O)O. The standard InChI is InChI=1S/C18H33N7O8S/c1-8(26)13(19)16(31)23-9(4-5-12(27)28)14(29)25-11(7-34)15(30)24-10(17(32)33)3-2-6-22-18(20)21/h8-11,13,26,34H,2-7,19H2,1H3,(H,23,31)(H,24,30)(H,25,29)(H,27,28)(H,32,33)(H4,20,21,22). The molecule has 0 aromatic rings. The minimum atomic E-state index is -1.39. The second-order valence-electron chi connectivity index (χ2n) is 7.35. The average molecular weight is 508 g/mol. The van der Waals surface area contributed by atoms with Gasteiger partial charge in [0.05, 0.1) is 6.10 Å². The van der Waals surface area contributed by atoms with E-state index in [9.17, 15) is 34.2 Å². The van der Waals surface area contributed by atoms with E-state index < -0.39 is 66.4 Å². The number of hydrogen-bond acceptors (Lipinski definition) is 9. The number of guanidine groups is 1. The summed E-state index contributed by atoms with van der Waals surface area (Å²) in [6.45, 7) is 1.41. The second kappa shape index (κ2) is 15.7. The molecule has 34 heavy (non-hydrogen) atoms. The van der Waals surface area contributed by atoms with Crippen LogP contribution in [0.2, 0.25) is 0 Å². The third-order valence-corrected chi connectivity index (χ3v) is 4.84. The van der Waals surface area contributed by atoms with Crippen LogP contribution in [0.25, 0.3) is 0 Å². The Balaban J connectivity index is 5.25. The van der Waals surface area contributed by atoms with Crippen LogP contribution in [0.5, 0.6) is 0 Å². The maximum Gasteiger partial charge on any atom is 0.326 e. The van der Waals surface area contributed by atoms with Crippen LogP contribution in [0, 0.1) is 0 Å². The molecule has 0 rings (SSSR count). The van der Waals surface area contributed by atoms with E-state index in [0.29, 0.717) is 0 Å². The molecular weight excluding hydrogens is 474 g/mol. The van der Waals surface area contributed by atoms with E-state index in [2.05, 4.69) is 33.6 Å². The molecule has 12 N–H and O–H groups in total. The third kappa shape index (κ3) is 12.2. The lowest BCUT2D eigenvalue weighted by molar-refractivity contribution is -0.142. The first kappa shape index (κ1) is 30.9. The Morgan fingerprint density at radius 3 is 1.91 bits per heavy atom. The number of aliphatic hydroxyl groups excluding tert-OH is 1. The Morgan fingerprint density at radius 2 is 1.44 bits per heavy atom. The van der Waals surface area contributed by atoms with Crippen molar-refractivity contribution in [3.05, 3.63) is 0 Å². The first-order valence-corrected chi connectivity index (χ1v) is 10.9. The van der Waals surface area contributed by atoms with E-state index in [1.54, 1.807) is 0 Å². The van der Waals surface area contributed by atoms with Gasteiger partial charge in [0.25, 0.3) is 0 Å². The molecule has 0 heterocycles. The normalized spacial score (nSPS) is 15.1. The number of aliphatic imine (C=N–C) groups is 1. The Hall–Kier alpha value is -3.11. The lowest BCUT2D eigenvalue weighted by Crippen LogP contribution is -2.58. The van der Waals surface area contributed by atoms with Gasteiger partial charge < -0.3 is 48.5 Å². The zero-order valence-electron chi connectivity index (χ0n) is 18.6. The van der Waals surface area contributed by atoms with Gasteiger partial charge in [-0.2, -0.15) is 12.6 Å². The Kier molecular flexibility index (Phi) is 14.2. The molecule has 0 fully saturated rings. The highest BCUT2D eigenvalue weighted by Gasteiger charge is 2.30. The lowest BCUT2D eigenvalue weighted by Gasteiger charge is -2.24. The molecule has 5 unspecified atom stereocenters. The molecule has 0 radical (unpaired) electrons. The van der Waals surface area contributed by atoms with E-state index in [0.717, 1.165) is 0 Å². The number of carboxylic acid groups (broad SMARTS) is 2. The predicted octanol–water partition coefficient (Wildman–Crippen LogP) is -3.92. The van der Waals surface area contributed by atoms with Crippen molar-refractivity contribution in [1.82, 2.24) is 16.0 Å². The molecule has 194 valence electrons. The highest BCUT2D eigenvalue weighted by molar-refractivity contribution is 7.80. The van der Waals surface area contributed by atoms with Crippen molar-refractivity contribution >= 4 is 48.2 Å². The topological polar surface area (TPSA) is 273 Å². The number of amides is 3. The van der Waals surface area contributed by atoms with Crippen molar-refractivity contribution in [2.75, 3.05) is 12.3 Å². The van der Waals surface area contributed by atoms with Crippen LogP contribution in [-0.4, -0.2) is 93.5 Å². The number of thiol groups is 1. The molecule has 0 aliphatic rings. The summed E-state index contributed by atoms with van der Waals surface area (Å²) in [6.07, 6.45) is -1.81. The smallest absolute Gasteiger partial charge is 0.326 e. The lowest BCUT2D eigenvalue weighted by atomic mass is 10.1. The van der Waals surface area contributed by atoms with E-state index in [-0.39, 0.29) is 37.5 Å². The Morgan fingerprint density at radius 1 is 0.912 bits per heavy atom. The minimum absolute atomic E-state index is 0.000379. The number of rotatable bonds is 16. The van der Waals surface area contributed by atoms with Crippen LogP contribution < -0.4 is 33.2 Å². The molecule has 0 aromatic heterocycles. The summed E-state index contributed by atoms with van der Waals surface area (Å²) in [6, 6.07) is -5.37. The fourth-order valence-electron chi connectivity index (χ4n) is 2.52. The molecule has 0 saturated carbocycles. The predicted molar refractivity (Wildman–Crippen MR) is 124 cm³/mol.